The van der Waals surface area contributed by atoms with Crippen LogP contribution in [0.2, 0.25) is 0 Å². The van der Waals surface area contributed by atoms with Crippen molar-refractivity contribution in [2.45, 2.75) is 33.2 Å². The molecule has 0 aliphatic carbocycles. The third-order valence-electron chi connectivity index (χ3n) is 3.69. The van der Waals surface area contributed by atoms with E-state index in [0.29, 0.717) is 17.7 Å². The van der Waals surface area contributed by atoms with Gasteiger partial charge in [-0.15, -0.1) is 0 Å². The SMILES string of the molecule is CCc1oc(C(=O)Nc2ccc(C(=O)NC(C)C(=O)O)cc2)cc1C. The van der Waals surface area contributed by atoms with Crippen molar-refractivity contribution in [1.82, 2.24) is 5.32 Å². The lowest BCUT2D eigenvalue weighted by atomic mass is 10.1. The summed E-state index contributed by atoms with van der Waals surface area (Å²) in [7, 11) is 0. The first-order valence-electron chi connectivity index (χ1n) is 7.86. The molecule has 2 aromatic rings. The van der Waals surface area contributed by atoms with E-state index >= 15 is 0 Å². The van der Waals surface area contributed by atoms with E-state index in [-0.39, 0.29) is 11.7 Å². The van der Waals surface area contributed by atoms with Gasteiger partial charge in [-0.1, -0.05) is 6.92 Å². The molecule has 7 heteroatoms. The highest BCUT2D eigenvalue weighted by molar-refractivity contribution is 6.03. The van der Waals surface area contributed by atoms with Gasteiger partial charge in [-0.05, 0) is 49.7 Å². The van der Waals surface area contributed by atoms with Gasteiger partial charge in [-0.3, -0.25) is 14.4 Å². The van der Waals surface area contributed by atoms with Gasteiger partial charge < -0.3 is 20.2 Å². The number of amides is 2. The topological polar surface area (TPSA) is 109 Å². The van der Waals surface area contributed by atoms with Gasteiger partial charge in [-0.25, -0.2) is 0 Å². The van der Waals surface area contributed by atoms with Crippen molar-refractivity contribution in [3.63, 3.8) is 0 Å². The quantitative estimate of drug-likeness (QED) is 0.746. The number of nitrogens with one attached hydrogen (secondary N) is 2. The van der Waals surface area contributed by atoms with Crippen LogP contribution in [-0.4, -0.2) is 28.9 Å². The zero-order valence-electron chi connectivity index (χ0n) is 14.3. The van der Waals surface area contributed by atoms with Crippen LogP contribution < -0.4 is 10.6 Å². The number of aryl methyl sites for hydroxylation is 2. The summed E-state index contributed by atoms with van der Waals surface area (Å²) in [5, 5.41) is 13.8. The molecule has 25 heavy (non-hydrogen) atoms. The van der Waals surface area contributed by atoms with Crippen LogP contribution >= 0.6 is 0 Å². The molecule has 3 N–H and O–H groups in total. The molecule has 0 fully saturated rings. The smallest absolute Gasteiger partial charge is 0.325 e. The number of anilines is 1. The molecule has 0 radical (unpaired) electrons. The number of hydrogen-bond acceptors (Lipinski definition) is 4. The first-order valence-corrected chi connectivity index (χ1v) is 7.86. The van der Waals surface area contributed by atoms with Crippen molar-refractivity contribution in [2.24, 2.45) is 0 Å². The highest BCUT2D eigenvalue weighted by atomic mass is 16.4. The summed E-state index contributed by atoms with van der Waals surface area (Å²) in [5.74, 6) is -0.991. The molecule has 0 aliphatic heterocycles. The summed E-state index contributed by atoms with van der Waals surface area (Å²) >= 11 is 0. The van der Waals surface area contributed by atoms with Gasteiger partial charge in [0.15, 0.2) is 5.76 Å². The van der Waals surface area contributed by atoms with Gasteiger partial charge in [0, 0.05) is 17.7 Å². The second-order valence-electron chi connectivity index (χ2n) is 5.64. The van der Waals surface area contributed by atoms with Gasteiger partial charge in [0.05, 0.1) is 0 Å². The highest BCUT2D eigenvalue weighted by Gasteiger charge is 2.16. The van der Waals surface area contributed by atoms with Gasteiger partial charge in [0.1, 0.15) is 11.8 Å². The van der Waals surface area contributed by atoms with Crippen LogP contribution in [0.5, 0.6) is 0 Å². The molecule has 1 unspecified atom stereocenters. The predicted molar refractivity (Wildman–Crippen MR) is 91.8 cm³/mol. The zero-order valence-corrected chi connectivity index (χ0v) is 14.3. The molecule has 1 heterocycles. The van der Waals surface area contributed by atoms with Crippen LogP contribution in [0, 0.1) is 6.92 Å². The number of benzene rings is 1. The number of carbonyl (C=O) groups excluding carboxylic acids is 2. The minimum Gasteiger partial charge on any atom is -0.480 e. The molecule has 2 rings (SSSR count). The van der Waals surface area contributed by atoms with Crippen LogP contribution in [-0.2, 0) is 11.2 Å². The Morgan fingerprint density at radius 2 is 1.80 bits per heavy atom. The Bertz CT molecular complexity index is 792. The summed E-state index contributed by atoms with van der Waals surface area (Å²) in [4.78, 5) is 34.8. The lowest BCUT2D eigenvalue weighted by molar-refractivity contribution is -0.138. The predicted octanol–water partition coefficient (Wildman–Crippen LogP) is 2.61. The molecule has 0 saturated carbocycles. The maximum Gasteiger partial charge on any atom is 0.325 e. The van der Waals surface area contributed by atoms with E-state index in [1.807, 2.05) is 13.8 Å². The molecule has 132 valence electrons. The molecular formula is C18H20N2O5. The third-order valence-corrected chi connectivity index (χ3v) is 3.69. The Hall–Kier alpha value is -3.09. The van der Waals surface area contributed by atoms with E-state index in [9.17, 15) is 14.4 Å². The highest BCUT2D eigenvalue weighted by Crippen LogP contribution is 2.17. The summed E-state index contributed by atoms with van der Waals surface area (Å²) in [6.45, 7) is 5.21. The molecule has 2 amide bonds. The van der Waals surface area contributed by atoms with Crippen LogP contribution in [0.1, 0.15) is 46.1 Å². The van der Waals surface area contributed by atoms with Gasteiger partial charge >= 0.3 is 5.97 Å². The number of aliphatic carboxylic acids is 1. The van der Waals surface area contributed by atoms with Crippen LogP contribution in [0.4, 0.5) is 5.69 Å². The molecular weight excluding hydrogens is 324 g/mol. The largest absolute Gasteiger partial charge is 0.480 e. The average Bonchev–Trinajstić information content (AvgIpc) is 2.96. The zero-order chi connectivity index (χ0) is 18.6. The van der Waals surface area contributed by atoms with Gasteiger partial charge in [0.25, 0.3) is 11.8 Å². The first-order chi connectivity index (χ1) is 11.8. The van der Waals surface area contributed by atoms with E-state index in [1.54, 1.807) is 18.2 Å². The Morgan fingerprint density at radius 1 is 1.16 bits per heavy atom. The molecule has 0 saturated heterocycles. The molecule has 0 bridgehead atoms. The average molecular weight is 344 g/mol. The molecule has 1 atom stereocenters. The molecule has 0 aliphatic rings. The van der Waals surface area contributed by atoms with Crippen molar-refractivity contribution < 1.29 is 23.9 Å². The number of hydrogen-bond donors (Lipinski definition) is 3. The maximum absolute atomic E-state index is 12.2. The Labute approximate surface area is 145 Å². The minimum absolute atomic E-state index is 0.228. The number of rotatable bonds is 6. The minimum atomic E-state index is -1.11. The number of carbonyl (C=O) groups is 3. The Kier molecular flexibility index (Phi) is 5.59. The molecule has 1 aromatic heterocycles. The second kappa shape index (κ2) is 7.65. The van der Waals surface area contributed by atoms with Crippen molar-refractivity contribution in [3.8, 4) is 0 Å². The normalized spacial score (nSPS) is 11.6. The summed E-state index contributed by atoms with van der Waals surface area (Å²) < 4.78 is 5.49. The fraction of sp³-hybridized carbons (Fsp3) is 0.278. The fourth-order valence-corrected chi connectivity index (χ4v) is 2.22. The summed E-state index contributed by atoms with van der Waals surface area (Å²) in [5.41, 5.74) is 1.72. The van der Waals surface area contributed by atoms with E-state index < -0.39 is 17.9 Å². The van der Waals surface area contributed by atoms with Crippen molar-refractivity contribution in [2.75, 3.05) is 5.32 Å². The standard InChI is InChI=1S/C18H20N2O5/c1-4-14-10(2)9-15(25-14)17(22)20-13-7-5-12(6-8-13)16(21)19-11(3)18(23)24/h5-9,11H,4H2,1-3H3,(H,19,21)(H,20,22)(H,23,24). The first kappa shape index (κ1) is 18.3. The van der Waals surface area contributed by atoms with Crippen molar-refractivity contribution in [3.05, 3.63) is 53.0 Å². The Balaban J connectivity index is 2.03. The van der Waals surface area contributed by atoms with Crippen LogP contribution in [0.3, 0.4) is 0 Å². The second-order valence-corrected chi connectivity index (χ2v) is 5.64. The van der Waals surface area contributed by atoms with Crippen molar-refractivity contribution >= 4 is 23.5 Å². The monoisotopic (exact) mass is 344 g/mol. The maximum atomic E-state index is 12.2. The van der Waals surface area contributed by atoms with Gasteiger partial charge in [-0.2, -0.15) is 0 Å². The fourth-order valence-electron chi connectivity index (χ4n) is 2.22. The van der Waals surface area contributed by atoms with Gasteiger partial charge in [0.2, 0.25) is 0 Å². The van der Waals surface area contributed by atoms with E-state index in [2.05, 4.69) is 10.6 Å². The molecule has 7 nitrogen and oxygen atoms in total. The number of furan rings is 1. The van der Waals surface area contributed by atoms with Crippen LogP contribution in [0.15, 0.2) is 34.7 Å². The molecule has 1 aromatic carbocycles. The lowest BCUT2D eigenvalue weighted by Crippen LogP contribution is -2.38. The van der Waals surface area contributed by atoms with Crippen molar-refractivity contribution in [1.29, 1.82) is 0 Å². The molecule has 0 spiro atoms. The van der Waals surface area contributed by atoms with E-state index in [4.69, 9.17) is 9.52 Å². The van der Waals surface area contributed by atoms with E-state index in [0.717, 1.165) is 11.3 Å². The summed E-state index contributed by atoms with van der Waals surface area (Å²) in [6, 6.07) is 6.84. The van der Waals surface area contributed by atoms with E-state index in [1.165, 1.54) is 19.1 Å². The third kappa shape index (κ3) is 4.47. The number of carboxylic acid groups (broad SMARTS) is 1. The Morgan fingerprint density at radius 3 is 2.32 bits per heavy atom. The van der Waals surface area contributed by atoms with Crippen LogP contribution in [0.25, 0.3) is 0 Å². The summed E-state index contributed by atoms with van der Waals surface area (Å²) in [6.07, 6.45) is 0.706. The number of carboxylic acids is 1. The lowest BCUT2D eigenvalue weighted by Gasteiger charge is -2.09.